The van der Waals surface area contributed by atoms with Crippen LogP contribution >= 0.6 is 31.3 Å². The van der Waals surface area contributed by atoms with Crippen LogP contribution in [0.1, 0.15) is 83.1 Å². The smallest absolute Gasteiger partial charge is 0.0504 e. The summed E-state index contributed by atoms with van der Waals surface area (Å²) in [5, 5.41) is 2.00. The zero-order valence-corrected chi connectivity index (χ0v) is 21.4. The molecule has 4 heterocycles. The minimum absolute atomic E-state index is 0.0572. The zero-order chi connectivity index (χ0) is 18.5. The van der Waals surface area contributed by atoms with Gasteiger partial charge in [-0.15, -0.1) is 0 Å². The summed E-state index contributed by atoms with van der Waals surface area (Å²) < 4.78 is 0.776. The Morgan fingerprint density at radius 1 is 0.667 bits per heavy atom. The van der Waals surface area contributed by atoms with Crippen molar-refractivity contribution in [3.63, 3.8) is 0 Å². The molecule has 0 aromatic heterocycles. The fourth-order valence-electron chi connectivity index (χ4n) is 6.36. The Morgan fingerprint density at radius 3 is 1.46 bits per heavy atom. The van der Waals surface area contributed by atoms with Crippen molar-refractivity contribution >= 4 is 36.4 Å². The molecule has 4 rings (SSSR count). The van der Waals surface area contributed by atoms with E-state index in [0.717, 1.165) is 14.4 Å². The molecule has 0 nitrogen and oxygen atoms in total. The Balaban J connectivity index is 1.99. The van der Waals surface area contributed by atoms with Gasteiger partial charge < -0.3 is 0 Å². The molecule has 24 heavy (non-hydrogen) atoms. The molecule has 0 saturated carbocycles. The van der Waals surface area contributed by atoms with Crippen molar-refractivity contribution in [1.29, 1.82) is 0 Å². The van der Waals surface area contributed by atoms with E-state index >= 15 is 0 Å². The van der Waals surface area contributed by atoms with Gasteiger partial charge in [-0.05, 0) is 42.2 Å². The van der Waals surface area contributed by atoms with Gasteiger partial charge in [0.25, 0.3) is 0 Å². The molecule has 136 valence electrons. The van der Waals surface area contributed by atoms with Crippen LogP contribution in [0.15, 0.2) is 0 Å². The summed E-state index contributed by atoms with van der Waals surface area (Å²) in [6.07, 6.45) is 0. The monoisotopic (exact) mass is 400 g/mol. The van der Waals surface area contributed by atoms with Crippen molar-refractivity contribution in [2.45, 2.75) is 97.5 Å². The van der Waals surface area contributed by atoms with Gasteiger partial charge in [0.2, 0.25) is 0 Å². The van der Waals surface area contributed by atoms with Crippen LogP contribution in [0.2, 0.25) is 0 Å². The Bertz CT molecular complexity index is 666. The van der Waals surface area contributed by atoms with Crippen LogP contribution in [-0.4, -0.2) is 19.5 Å². The lowest BCUT2D eigenvalue weighted by atomic mass is 9.80. The summed E-state index contributed by atoms with van der Waals surface area (Å²) >= 11 is 0. The fourth-order valence-corrected chi connectivity index (χ4v) is 42.2. The van der Waals surface area contributed by atoms with Gasteiger partial charge in [0.15, 0.2) is 0 Å². The molecule has 6 unspecified atom stereocenters. The molecule has 3 saturated heterocycles. The molecule has 0 aromatic carbocycles. The molecule has 6 atom stereocenters. The van der Waals surface area contributed by atoms with Crippen molar-refractivity contribution < 1.29 is 0 Å². The van der Waals surface area contributed by atoms with Crippen molar-refractivity contribution in [1.82, 2.24) is 0 Å². The van der Waals surface area contributed by atoms with Crippen molar-refractivity contribution in [3.05, 3.63) is 0 Å². The largest absolute Gasteiger partial charge is 0.0690 e. The third kappa shape index (κ3) is 1.41. The van der Waals surface area contributed by atoms with Gasteiger partial charge in [-0.2, -0.15) is 0 Å². The van der Waals surface area contributed by atoms with Crippen LogP contribution in [-0.2, 0) is 0 Å². The van der Waals surface area contributed by atoms with Gasteiger partial charge in [0.05, 0.1) is 4.64 Å². The average Bonchev–Trinajstić information content (AvgIpc) is 2.56. The highest BCUT2D eigenvalue weighted by Crippen LogP contribution is 3.38. The number of hydrogen-bond donors (Lipinski definition) is 0. The van der Waals surface area contributed by atoms with Crippen LogP contribution in [0.25, 0.3) is 0 Å². The first-order valence-electron chi connectivity index (χ1n) is 9.46. The Labute approximate surface area is 155 Å². The van der Waals surface area contributed by atoms with Crippen LogP contribution in [0.4, 0.5) is 0 Å². The van der Waals surface area contributed by atoms with Gasteiger partial charge in [-0.25, -0.2) is 0 Å². The average molecular weight is 400 g/mol. The van der Waals surface area contributed by atoms with Gasteiger partial charge in [0, 0.05) is 9.79 Å². The second-order valence-electron chi connectivity index (χ2n) is 12.4. The lowest BCUT2D eigenvalue weighted by molar-refractivity contribution is 0.295. The van der Waals surface area contributed by atoms with Crippen molar-refractivity contribution in [3.8, 4) is 0 Å². The topological polar surface area (TPSA) is 0 Å². The molecule has 0 amide bonds. The highest BCUT2D eigenvalue weighted by Gasteiger charge is 3.12. The summed E-state index contributed by atoms with van der Waals surface area (Å²) in [5.41, 5.74) is 1.90. The van der Waals surface area contributed by atoms with E-state index in [-0.39, 0.29) is 23.5 Å². The third-order valence-corrected chi connectivity index (χ3v) is 31.5. The standard InChI is InChI=1S/C20H36P4/c1-14(2,3)13-21-24-19(16(7,8)9)18(15(4,5)6)22(13)20(24,23(18)19)17(10,11)12/h1-12H3. The van der Waals surface area contributed by atoms with Crippen LogP contribution in [0, 0.1) is 21.7 Å². The quantitative estimate of drug-likeness (QED) is 0.357. The predicted molar refractivity (Wildman–Crippen MR) is 119 cm³/mol. The van der Waals surface area contributed by atoms with Crippen molar-refractivity contribution in [2.75, 3.05) is 0 Å². The van der Waals surface area contributed by atoms with E-state index in [1.165, 1.54) is 0 Å². The van der Waals surface area contributed by atoms with Crippen LogP contribution in [0.3, 0.4) is 0 Å². The third-order valence-electron chi connectivity index (χ3n) is 6.81. The summed E-state index contributed by atoms with van der Waals surface area (Å²) in [7, 11) is 2.23. The van der Waals surface area contributed by atoms with E-state index in [1.807, 2.05) is 12.9 Å². The molecular weight excluding hydrogens is 364 g/mol. The first-order valence-corrected chi connectivity index (χ1v) is 15.1. The molecule has 0 spiro atoms. The second kappa shape index (κ2) is 4.22. The van der Waals surface area contributed by atoms with E-state index < -0.39 is 0 Å². The predicted octanol–water partition coefficient (Wildman–Crippen LogP) is 8.71. The van der Waals surface area contributed by atoms with Gasteiger partial charge in [0.1, 0.15) is 0 Å². The maximum Gasteiger partial charge on any atom is 0.0504 e. The summed E-state index contributed by atoms with van der Waals surface area (Å²) in [5.74, 6) is 0. The van der Waals surface area contributed by atoms with Crippen LogP contribution in [0.5, 0.6) is 0 Å². The Morgan fingerprint density at radius 2 is 1.12 bits per heavy atom. The normalized spacial score (nSPS) is 49.8. The van der Waals surface area contributed by atoms with E-state index in [9.17, 15) is 0 Å². The Kier molecular flexibility index (Phi) is 3.31. The number of hydrogen-bond acceptors (Lipinski definition) is 0. The minimum Gasteiger partial charge on any atom is -0.0690 e. The summed E-state index contributed by atoms with van der Waals surface area (Å²) in [4.78, 5) is 1.47. The highest BCUT2D eigenvalue weighted by atomic mass is 32.0. The lowest BCUT2D eigenvalue weighted by Crippen LogP contribution is -2.48. The fraction of sp³-hybridized carbons (Fsp3) is 0.950. The van der Waals surface area contributed by atoms with E-state index in [4.69, 9.17) is 0 Å². The molecule has 4 aliphatic heterocycles. The Hall–Kier alpha value is 1.46. The molecule has 0 N–H and O–H groups in total. The van der Waals surface area contributed by atoms with E-state index in [1.54, 1.807) is 0 Å². The summed E-state index contributed by atoms with van der Waals surface area (Å²) in [6.45, 7) is 30.9. The second-order valence-corrected chi connectivity index (χ2v) is 24.1. The van der Waals surface area contributed by atoms with Crippen molar-refractivity contribution in [2.24, 2.45) is 21.7 Å². The first kappa shape index (κ1) is 18.8. The molecule has 0 aromatic rings. The molecular formula is C20H36P4. The number of rotatable bonds is 0. The number of fused-ring (bicyclic) bond motifs is 3. The van der Waals surface area contributed by atoms with Crippen LogP contribution < -0.4 is 0 Å². The highest BCUT2D eigenvalue weighted by molar-refractivity contribution is 8.51. The zero-order valence-electron chi connectivity index (χ0n) is 17.8. The maximum absolute atomic E-state index is 2.60. The lowest BCUT2D eigenvalue weighted by Gasteiger charge is -2.65. The van der Waals surface area contributed by atoms with E-state index in [0.29, 0.717) is 21.7 Å². The molecule has 3 fully saturated rings. The van der Waals surface area contributed by atoms with Gasteiger partial charge in [-0.3, -0.25) is 0 Å². The van der Waals surface area contributed by atoms with Gasteiger partial charge in [-0.1, -0.05) is 98.9 Å². The molecule has 0 aliphatic carbocycles. The molecule has 0 bridgehead atoms. The SMILES string of the molecule is CC(C)(C)C1=PP2C3(C(C)(C)C)P1C1(C(C)(C)C)P3C21C(C)(C)C. The molecule has 4 heteroatoms. The van der Waals surface area contributed by atoms with Gasteiger partial charge >= 0.3 is 0 Å². The van der Waals surface area contributed by atoms with E-state index in [2.05, 4.69) is 83.1 Å². The minimum atomic E-state index is 0.0572. The summed E-state index contributed by atoms with van der Waals surface area (Å²) in [6, 6.07) is 0. The first-order chi connectivity index (χ1) is 10.5. The maximum atomic E-state index is 2.60. The molecule has 4 aliphatic rings. The molecule has 0 radical (unpaired) electrons.